The summed E-state index contributed by atoms with van der Waals surface area (Å²) in [6.45, 7) is 0.0554. The number of ether oxygens (including phenoxy) is 2. The zero-order chi connectivity index (χ0) is 15.5. The van der Waals surface area contributed by atoms with Crippen LogP contribution in [0.1, 0.15) is 26.3 Å². The maximum Gasteiger partial charge on any atom is 0.514 e. The highest BCUT2D eigenvalue weighted by molar-refractivity contribution is 6.22. The summed E-state index contributed by atoms with van der Waals surface area (Å²) in [5.74, 6) is -1.10. The maximum absolute atomic E-state index is 11.7. The van der Waals surface area contributed by atoms with Gasteiger partial charge in [0.2, 0.25) is 0 Å². The number of benzene rings is 2. The van der Waals surface area contributed by atoms with Crippen molar-refractivity contribution in [3.8, 4) is 5.75 Å². The molecule has 0 radical (unpaired) electrons. The van der Waals surface area contributed by atoms with Gasteiger partial charge >= 0.3 is 6.16 Å². The van der Waals surface area contributed by atoms with E-state index in [4.69, 9.17) is 9.47 Å². The number of rotatable bonds is 3. The minimum atomic E-state index is -0.940. The Morgan fingerprint density at radius 3 is 2.50 bits per heavy atom. The fourth-order valence-electron chi connectivity index (χ4n) is 2.11. The average molecular weight is 297 g/mol. The van der Waals surface area contributed by atoms with Crippen molar-refractivity contribution in [2.75, 3.05) is 0 Å². The molecule has 0 saturated carbocycles. The second-order valence-corrected chi connectivity index (χ2v) is 4.59. The van der Waals surface area contributed by atoms with Crippen LogP contribution in [0.25, 0.3) is 0 Å². The quantitative estimate of drug-likeness (QED) is 0.534. The summed E-state index contributed by atoms with van der Waals surface area (Å²) in [6.07, 6.45) is -0.940. The van der Waals surface area contributed by atoms with E-state index < -0.39 is 18.0 Å². The Kier molecular flexibility index (Phi) is 3.57. The van der Waals surface area contributed by atoms with Crippen LogP contribution in [0.5, 0.6) is 5.75 Å². The first-order valence-electron chi connectivity index (χ1n) is 6.52. The summed E-state index contributed by atoms with van der Waals surface area (Å²) in [4.78, 5) is 34.9. The van der Waals surface area contributed by atoms with Crippen molar-refractivity contribution in [3.63, 3.8) is 0 Å². The number of amides is 2. The maximum atomic E-state index is 11.7. The van der Waals surface area contributed by atoms with Gasteiger partial charge in [-0.15, -0.1) is 0 Å². The van der Waals surface area contributed by atoms with Crippen molar-refractivity contribution in [2.24, 2.45) is 0 Å². The van der Waals surface area contributed by atoms with Crippen LogP contribution in [0.2, 0.25) is 0 Å². The first-order valence-corrected chi connectivity index (χ1v) is 6.52. The van der Waals surface area contributed by atoms with Crippen LogP contribution in [0.15, 0.2) is 48.5 Å². The molecule has 0 unspecified atom stereocenters. The monoisotopic (exact) mass is 297 g/mol. The molecule has 1 aliphatic heterocycles. The second kappa shape index (κ2) is 5.69. The van der Waals surface area contributed by atoms with Crippen LogP contribution in [0, 0.1) is 0 Å². The number of nitrogens with one attached hydrogen (secondary N) is 1. The van der Waals surface area contributed by atoms with E-state index in [9.17, 15) is 14.4 Å². The second-order valence-electron chi connectivity index (χ2n) is 4.59. The van der Waals surface area contributed by atoms with Crippen LogP contribution < -0.4 is 10.1 Å². The van der Waals surface area contributed by atoms with Crippen molar-refractivity contribution in [2.45, 2.75) is 6.61 Å². The summed E-state index contributed by atoms with van der Waals surface area (Å²) in [5.41, 5.74) is 1.04. The molecule has 6 heteroatoms. The Bertz CT molecular complexity index is 754. The van der Waals surface area contributed by atoms with Crippen molar-refractivity contribution >= 4 is 18.0 Å². The Hall–Kier alpha value is -3.15. The molecule has 22 heavy (non-hydrogen) atoms. The molecular formula is C16H11NO5. The summed E-state index contributed by atoms with van der Waals surface area (Å²) < 4.78 is 10.00. The summed E-state index contributed by atoms with van der Waals surface area (Å²) in [5, 5.41) is 2.14. The largest absolute Gasteiger partial charge is 0.514 e. The predicted octanol–water partition coefficient (Wildman–Crippen LogP) is 2.29. The van der Waals surface area contributed by atoms with E-state index in [-0.39, 0.29) is 23.5 Å². The van der Waals surface area contributed by atoms with E-state index in [0.717, 1.165) is 5.56 Å². The van der Waals surface area contributed by atoms with Gasteiger partial charge in [0.05, 0.1) is 11.1 Å². The van der Waals surface area contributed by atoms with Gasteiger partial charge in [0, 0.05) is 0 Å². The molecule has 110 valence electrons. The van der Waals surface area contributed by atoms with Gasteiger partial charge in [-0.25, -0.2) is 4.79 Å². The third-order valence-corrected chi connectivity index (χ3v) is 3.12. The molecule has 0 aromatic heterocycles. The normalized spacial score (nSPS) is 12.5. The molecule has 0 atom stereocenters. The van der Waals surface area contributed by atoms with Crippen LogP contribution in [-0.4, -0.2) is 18.0 Å². The molecular weight excluding hydrogens is 286 g/mol. The van der Waals surface area contributed by atoms with Crippen LogP contribution >= 0.6 is 0 Å². The standard InChI is InChI=1S/C16H11NO5/c18-14-11-7-4-8-12(13(11)15(19)17-14)22-16(20)21-9-10-5-2-1-3-6-10/h1-8H,9H2,(H,17,18,19). The Balaban J connectivity index is 1.70. The molecule has 0 spiro atoms. The summed E-state index contributed by atoms with van der Waals surface area (Å²) in [6, 6.07) is 13.5. The number of carbonyl (C=O) groups is 3. The highest BCUT2D eigenvalue weighted by atomic mass is 16.7. The van der Waals surface area contributed by atoms with Crippen molar-refractivity contribution < 1.29 is 23.9 Å². The number of hydrogen-bond donors (Lipinski definition) is 1. The SMILES string of the molecule is O=C(OCc1ccccc1)Oc1cccc2c1C(=O)NC2=O. The molecule has 6 nitrogen and oxygen atoms in total. The third kappa shape index (κ3) is 2.67. The lowest BCUT2D eigenvalue weighted by Gasteiger charge is -2.08. The van der Waals surface area contributed by atoms with Gasteiger partial charge in [-0.05, 0) is 17.7 Å². The molecule has 0 aliphatic carbocycles. The van der Waals surface area contributed by atoms with Gasteiger partial charge in [0.1, 0.15) is 12.4 Å². The fourth-order valence-corrected chi connectivity index (χ4v) is 2.11. The number of hydrogen-bond acceptors (Lipinski definition) is 5. The number of fused-ring (bicyclic) bond motifs is 1. The topological polar surface area (TPSA) is 81.7 Å². The van der Waals surface area contributed by atoms with E-state index in [1.807, 2.05) is 18.2 Å². The van der Waals surface area contributed by atoms with E-state index in [2.05, 4.69) is 5.32 Å². The van der Waals surface area contributed by atoms with E-state index in [1.54, 1.807) is 12.1 Å². The smallest absolute Gasteiger partial charge is 0.429 e. The van der Waals surface area contributed by atoms with Crippen LogP contribution in [0.4, 0.5) is 4.79 Å². The molecule has 1 aliphatic rings. The van der Waals surface area contributed by atoms with Gasteiger partial charge in [-0.3, -0.25) is 14.9 Å². The van der Waals surface area contributed by atoms with Crippen LogP contribution in [0.3, 0.4) is 0 Å². The minimum Gasteiger partial charge on any atom is -0.429 e. The van der Waals surface area contributed by atoms with Gasteiger partial charge in [0.15, 0.2) is 0 Å². The molecule has 2 aromatic carbocycles. The molecule has 2 aromatic rings. The molecule has 1 N–H and O–H groups in total. The molecule has 0 fully saturated rings. The van der Waals surface area contributed by atoms with E-state index in [0.29, 0.717) is 0 Å². The Morgan fingerprint density at radius 2 is 1.73 bits per heavy atom. The predicted molar refractivity (Wildman–Crippen MR) is 75.5 cm³/mol. The first kappa shape index (κ1) is 13.8. The third-order valence-electron chi connectivity index (χ3n) is 3.12. The van der Waals surface area contributed by atoms with E-state index in [1.165, 1.54) is 18.2 Å². The molecule has 0 bridgehead atoms. The van der Waals surface area contributed by atoms with Gasteiger partial charge < -0.3 is 9.47 Å². The lowest BCUT2D eigenvalue weighted by molar-refractivity contribution is 0.0876. The fraction of sp³-hybridized carbons (Fsp3) is 0.0625. The van der Waals surface area contributed by atoms with Crippen molar-refractivity contribution in [1.29, 1.82) is 0 Å². The molecule has 2 amide bonds. The molecule has 1 heterocycles. The van der Waals surface area contributed by atoms with Gasteiger partial charge in [-0.2, -0.15) is 0 Å². The highest BCUT2D eigenvalue weighted by Gasteiger charge is 2.31. The lowest BCUT2D eigenvalue weighted by atomic mass is 10.1. The zero-order valence-electron chi connectivity index (χ0n) is 11.4. The summed E-state index contributed by atoms with van der Waals surface area (Å²) >= 11 is 0. The van der Waals surface area contributed by atoms with Crippen LogP contribution in [-0.2, 0) is 11.3 Å². The Labute approximate surface area is 125 Å². The summed E-state index contributed by atoms with van der Waals surface area (Å²) in [7, 11) is 0. The number of imide groups is 1. The average Bonchev–Trinajstić information content (AvgIpc) is 2.82. The lowest BCUT2D eigenvalue weighted by Crippen LogP contribution is -2.20. The zero-order valence-corrected chi connectivity index (χ0v) is 11.4. The molecule has 3 rings (SSSR count). The van der Waals surface area contributed by atoms with Gasteiger partial charge in [0.25, 0.3) is 11.8 Å². The number of carbonyl (C=O) groups excluding carboxylic acids is 3. The Morgan fingerprint density at radius 1 is 0.955 bits per heavy atom. The minimum absolute atomic E-state index is 0.00101. The van der Waals surface area contributed by atoms with Crippen molar-refractivity contribution in [1.82, 2.24) is 5.32 Å². The van der Waals surface area contributed by atoms with Gasteiger partial charge in [-0.1, -0.05) is 36.4 Å². The van der Waals surface area contributed by atoms with E-state index >= 15 is 0 Å². The molecule has 0 saturated heterocycles. The highest BCUT2D eigenvalue weighted by Crippen LogP contribution is 2.26. The first-order chi connectivity index (χ1) is 10.6. The van der Waals surface area contributed by atoms with Crippen molar-refractivity contribution in [3.05, 3.63) is 65.2 Å².